The Kier molecular flexibility index (Phi) is 3.77. The lowest BCUT2D eigenvalue weighted by molar-refractivity contribution is 0.496. The van der Waals surface area contributed by atoms with Crippen LogP contribution in [0.5, 0.6) is 0 Å². The van der Waals surface area contributed by atoms with Crippen molar-refractivity contribution in [2.24, 2.45) is 0 Å². The zero-order valence-electron chi connectivity index (χ0n) is 10.2. The molecule has 0 unspecified atom stereocenters. The number of hydrogen-bond acceptors (Lipinski definition) is 3. The molecule has 0 fully saturated rings. The molecule has 0 saturated heterocycles. The number of nitrogens with two attached hydrogens (primary N) is 1. The Labute approximate surface area is 117 Å². The average Bonchev–Trinajstić information content (AvgIpc) is 2.38. The minimum absolute atomic E-state index is 0.183. The molecule has 2 aromatic carbocycles. The van der Waals surface area contributed by atoms with Crippen LogP contribution >= 0.6 is 0 Å². The third-order valence-corrected chi connectivity index (χ3v) is 3.94. The van der Waals surface area contributed by atoms with Gasteiger partial charge in [0.1, 0.15) is 16.5 Å². The quantitative estimate of drug-likeness (QED) is 0.519. The van der Waals surface area contributed by atoms with Gasteiger partial charge in [-0.3, -0.25) is 4.72 Å². The lowest BCUT2D eigenvalue weighted by Gasteiger charge is -2.11. The smallest absolute Gasteiger partial charge is 0.264 e. The van der Waals surface area contributed by atoms with Crippen LogP contribution < -0.4 is 10.5 Å². The van der Waals surface area contributed by atoms with Crippen molar-refractivity contribution in [3.63, 3.8) is 0 Å². The second kappa shape index (κ2) is 5.24. The van der Waals surface area contributed by atoms with E-state index in [1.807, 2.05) is 0 Å². The standard InChI is InChI=1S/C12H8F4N2O2S/c13-6-1-2-10(17)12(3-6)21(19,20)18-11-5-8(15)7(14)4-9(11)16/h1-5,18H,17H2. The number of anilines is 2. The molecule has 112 valence electrons. The predicted molar refractivity (Wildman–Crippen MR) is 67.9 cm³/mol. The number of benzene rings is 2. The Morgan fingerprint density at radius 1 is 0.905 bits per heavy atom. The highest BCUT2D eigenvalue weighted by Gasteiger charge is 2.21. The van der Waals surface area contributed by atoms with Gasteiger partial charge in [0.2, 0.25) is 0 Å². The molecule has 3 N–H and O–H groups in total. The monoisotopic (exact) mass is 320 g/mol. The number of rotatable bonds is 3. The van der Waals surface area contributed by atoms with Crippen LogP contribution in [0.3, 0.4) is 0 Å². The molecule has 0 aromatic heterocycles. The second-order valence-electron chi connectivity index (χ2n) is 4.03. The normalized spacial score (nSPS) is 11.4. The summed E-state index contributed by atoms with van der Waals surface area (Å²) < 4.78 is 77.9. The number of nitrogen functional groups attached to an aromatic ring is 1. The van der Waals surface area contributed by atoms with Gasteiger partial charge in [0.05, 0.1) is 11.4 Å². The fourth-order valence-corrected chi connectivity index (χ4v) is 2.74. The topological polar surface area (TPSA) is 72.2 Å². The Morgan fingerprint density at radius 2 is 1.52 bits per heavy atom. The molecule has 0 saturated carbocycles. The summed E-state index contributed by atoms with van der Waals surface area (Å²) in [5, 5.41) is 0. The predicted octanol–water partition coefficient (Wildman–Crippen LogP) is 2.63. The SMILES string of the molecule is Nc1ccc(F)cc1S(=O)(=O)Nc1cc(F)c(F)cc1F. The minimum Gasteiger partial charge on any atom is -0.398 e. The molecule has 0 spiro atoms. The van der Waals surface area contributed by atoms with E-state index in [0.29, 0.717) is 12.1 Å². The molecular formula is C12H8F4N2O2S. The maximum absolute atomic E-state index is 13.4. The first-order valence-electron chi connectivity index (χ1n) is 5.43. The van der Waals surface area contributed by atoms with E-state index in [-0.39, 0.29) is 11.8 Å². The maximum Gasteiger partial charge on any atom is 0.264 e. The second-order valence-corrected chi connectivity index (χ2v) is 5.68. The van der Waals surface area contributed by atoms with Crippen molar-refractivity contribution in [2.75, 3.05) is 10.5 Å². The van der Waals surface area contributed by atoms with Crippen molar-refractivity contribution in [1.29, 1.82) is 0 Å². The van der Waals surface area contributed by atoms with Gasteiger partial charge in [0.15, 0.2) is 11.6 Å². The van der Waals surface area contributed by atoms with Crippen LogP contribution in [0.15, 0.2) is 35.2 Å². The van der Waals surface area contributed by atoms with Crippen LogP contribution in [0.4, 0.5) is 28.9 Å². The van der Waals surface area contributed by atoms with Crippen LogP contribution in [0.25, 0.3) is 0 Å². The van der Waals surface area contributed by atoms with Crippen molar-refractivity contribution < 1.29 is 26.0 Å². The van der Waals surface area contributed by atoms with E-state index in [4.69, 9.17) is 5.73 Å². The van der Waals surface area contributed by atoms with Gasteiger partial charge in [-0.05, 0) is 18.2 Å². The van der Waals surface area contributed by atoms with E-state index >= 15 is 0 Å². The van der Waals surface area contributed by atoms with E-state index in [2.05, 4.69) is 0 Å². The van der Waals surface area contributed by atoms with Gasteiger partial charge in [-0.1, -0.05) is 0 Å². The molecule has 9 heteroatoms. The molecule has 0 atom stereocenters. The third-order valence-electron chi connectivity index (χ3n) is 2.52. The summed E-state index contributed by atoms with van der Waals surface area (Å²) in [4.78, 5) is -0.647. The Morgan fingerprint density at radius 3 is 2.19 bits per heavy atom. The number of sulfonamides is 1. The summed E-state index contributed by atoms with van der Waals surface area (Å²) >= 11 is 0. The molecule has 0 aliphatic heterocycles. The van der Waals surface area contributed by atoms with Crippen LogP contribution in [0.2, 0.25) is 0 Å². The molecule has 4 nitrogen and oxygen atoms in total. The van der Waals surface area contributed by atoms with E-state index in [9.17, 15) is 26.0 Å². The summed E-state index contributed by atoms with van der Waals surface area (Å²) in [6, 6.07) is 3.08. The lowest BCUT2D eigenvalue weighted by atomic mass is 10.3. The number of nitrogens with one attached hydrogen (secondary N) is 1. The first-order chi connectivity index (χ1) is 9.70. The van der Waals surface area contributed by atoms with Crippen LogP contribution in [0.1, 0.15) is 0 Å². The maximum atomic E-state index is 13.4. The number of hydrogen-bond donors (Lipinski definition) is 2. The average molecular weight is 320 g/mol. The highest BCUT2D eigenvalue weighted by molar-refractivity contribution is 7.92. The Bertz CT molecular complexity index is 809. The van der Waals surface area contributed by atoms with Gasteiger partial charge in [0.25, 0.3) is 10.0 Å². The molecule has 0 heterocycles. The van der Waals surface area contributed by atoms with E-state index in [1.165, 1.54) is 0 Å². The zero-order valence-corrected chi connectivity index (χ0v) is 11.0. The number of halogens is 4. The molecule has 0 bridgehead atoms. The fourth-order valence-electron chi connectivity index (χ4n) is 1.54. The molecule has 0 aliphatic rings. The van der Waals surface area contributed by atoms with Crippen LogP contribution in [-0.2, 0) is 10.0 Å². The highest BCUT2D eigenvalue weighted by Crippen LogP contribution is 2.25. The summed E-state index contributed by atoms with van der Waals surface area (Å²) in [5.74, 6) is -5.12. The van der Waals surface area contributed by atoms with Gasteiger partial charge >= 0.3 is 0 Å². The van der Waals surface area contributed by atoms with Crippen molar-refractivity contribution >= 4 is 21.4 Å². The van der Waals surface area contributed by atoms with Gasteiger partial charge in [-0.2, -0.15) is 0 Å². The molecule has 21 heavy (non-hydrogen) atoms. The minimum atomic E-state index is -4.46. The first-order valence-corrected chi connectivity index (χ1v) is 6.91. The molecule has 0 aliphatic carbocycles. The zero-order chi connectivity index (χ0) is 15.8. The van der Waals surface area contributed by atoms with E-state index < -0.39 is 43.9 Å². The van der Waals surface area contributed by atoms with Crippen molar-refractivity contribution in [2.45, 2.75) is 4.90 Å². The molecule has 2 rings (SSSR count). The summed E-state index contributed by atoms with van der Waals surface area (Å²) in [5.41, 5.74) is 4.30. The van der Waals surface area contributed by atoms with Gasteiger partial charge in [0, 0.05) is 12.1 Å². The van der Waals surface area contributed by atoms with Crippen molar-refractivity contribution in [1.82, 2.24) is 0 Å². The third kappa shape index (κ3) is 3.07. The summed E-state index contributed by atoms with van der Waals surface area (Å²) in [7, 11) is -4.46. The van der Waals surface area contributed by atoms with Crippen molar-refractivity contribution in [3.8, 4) is 0 Å². The lowest BCUT2D eigenvalue weighted by Crippen LogP contribution is -2.16. The van der Waals surface area contributed by atoms with Gasteiger partial charge < -0.3 is 5.73 Å². The van der Waals surface area contributed by atoms with E-state index in [0.717, 1.165) is 12.1 Å². The van der Waals surface area contributed by atoms with Crippen LogP contribution in [0, 0.1) is 23.3 Å². The largest absolute Gasteiger partial charge is 0.398 e. The Balaban J connectivity index is 2.47. The highest BCUT2D eigenvalue weighted by atomic mass is 32.2. The molecule has 0 radical (unpaired) electrons. The van der Waals surface area contributed by atoms with Crippen LogP contribution in [-0.4, -0.2) is 8.42 Å². The first kappa shape index (κ1) is 15.1. The van der Waals surface area contributed by atoms with E-state index in [1.54, 1.807) is 4.72 Å². The summed E-state index contributed by atoms with van der Waals surface area (Å²) in [6.07, 6.45) is 0. The molecule has 2 aromatic rings. The molecular weight excluding hydrogens is 312 g/mol. The fraction of sp³-hybridized carbons (Fsp3) is 0. The van der Waals surface area contributed by atoms with Gasteiger partial charge in [-0.15, -0.1) is 0 Å². The summed E-state index contributed by atoms with van der Waals surface area (Å²) in [6.45, 7) is 0. The van der Waals surface area contributed by atoms with Crippen molar-refractivity contribution in [3.05, 3.63) is 53.6 Å². The van der Waals surface area contributed by atoms with Gasteiger partial charge in [-0.25, -0.2) is 26.0 Å². The molecule has 0 amide bonds. The Hall–Kier alpha value is -2.29.